The van der Waals surface area contributed by atoms with Crippen molar-refractivity contribution in [2.24, 2.45) is 0 Å². The molecule has 1 aliphatic heterocycles. The van der Waals surface area contributed by atoms with Crippen LogP contribution in [-0.4, -0.2) is 37.5 Å². The predicted octanol–water partition coefficient (Wildman–Crippen LogP) is 1.96. The summed E-state index contributed by atoms with van der Waals surface area (Å²) in [5, 5.41) is 3.56. The fourth-order valence-electron chi connectivity index (χ4n) is 2.37. The topological polar surface area (TPSA) is 30.5 Å². The Kier molecular flexibility index (Phi) is 4.15. The second-order valence-corrected chi connectivity index (χ2v) is 5.52. The van der Waals surface area contributed by atoms with Gasteiger partial charge in [-0.1, -0.05) is 0 Å². The van der Waals surface area contributed by atoms with Gasteiger partial charge in [-0.05, 0) is 47.1 Å². The molecule has 15 heavy (non-hydrogen) atoms. The first-order chi connectivity index (χ1) is 6.87. The highest BCUT2D eigenvalue weighted by Crippen LogP contribution is 2.37. The van der Waals surface area contributed by atoms with Gasteiger partial charge in [0, 0.05) is 19.8 Å². The van der Waals surface area contributed by atoms with Gasteiger partial charge in [-0.25, -0.2) is 0 Å². The van der Waals surface area contributed by atoms with E-state index in [1.807, 2.05) is 0 Å². The van der Waals surface area contributed by atoms with Gasteiger partial charge in [0.15, 0.2) is 0 Å². The van der Waals surface area contributed by atoms with E-state index in [0.717, 1.165) is 26.0 Å². The first-order valence-electron chi connectivity index (χ1n) is 5.80. The molecule has 0 amide bonds. The van der Waals surface area contributed by atoms with Crippen molar-refractivity contribution in [3.63, 3.8) is 0 Å². The Morgan fingerprint density at radius 3 is 2.47 bits per heavy atom. The van der Waals surface area contributed by atoms with Gasteiger partial charge >= 0.3 is 0 Å². The monoisotopic (exact) mass is 215 g/mol. The Bertz CT molecular complexity index is 202. The van der Waals surface area contributed by atoms with Crippen LogP contribution in [0.5, 0.6) is 0 Å². The first kappa shape index (κ1) is 12.9. The lowest BCUT2D eigenvalue weighted by atomic mass is 9.94. The summed E-state index contributed by atoms with van der Waals surface area (Å²) < 4.78 is 11.0. The molecule has 3 heteroatoms. The summed E-state index contributed by atoms with van der Waals surface area (Å²) in [6.07, 6.45) is 2.14. The van der Waals surface area contributed by atoms with E-state index < -0.39 is 0 Å². The van der Waals surface area contributed by atoms with E-state index in [2.05, 4.69) is 33.0 Å². The quantitative estimate of drug-likeness (QED) is 0.711. The standard InChI is InChI=1S/C12H25NO2/c1-11(2)9-10(12(3,4)15-11)13-7-6-8-14-5/h10,13H,6-9H2,1-5H3/t10-/m0/s1. The molecule has 1 heterocycles. The molecule has 0 aliphatic carbocycles. The van der Waals surface area contributed by atoms with Crippen molar-refractivity contribution in [1.82, 2.24) is 5.32 Å². The Balaban J connectivity index is 2.35. The molecule has 0 aromatic heterocycles. The Morgan fingerprint density at radius 2 is 2.00 bits per heavy atom. The molecular weight excluding hydrogens is 190 g/mol. The summed E-state index contributed by atoms with van der Waals surface area (Å²) in [6, 6.07) is 0.448. The highest BCUT2D eigenvalue weighted by atomic mass is 16.5. The minimum absolute atomic E-state index is 0.00240. The zero-order chi connectivity index (χ0) is 11.5. The zero-order valence-electron chi connectivity index (χ0n) is 10.7. The van der Waals surface area contributed by atoms with Gasteiger partial charge in [0.05, 0.1) is 11.2 Å². The minimum atomic E-state index is -0.0590. The number of rotatable bonds is 5. The largest absolute Gasteiger partial charge is 0.385 e. The van der Waals surface area contributed by atoms with Crippen molar-refractivity contribution < 1.29 is 9.47 Å². The zero-order valence-corrected chi connectivity index (χ0v) is 10.7. The smallest absolute Gasteiger partial charge is 0.0787 e. The fourth-order valence-corrected chi connectivity index (χ4v) is 2.37. The van der Waals surface area contributed by atoms with Gasteiger partial charge in [0.2, 0.25) is 0 Å². The highest BCUT2D eigenvalue weighted by molar-refractivity contribution is 4.98. The maximum Gasteiger partial charge on any atom is 0.0787 e. The van der Waals surface area contributed by atoms with Gasteiger partial charge < -0.3 is 14.8 Å². The maximum atomic E-state index is 6.01. The second kappa shape index (κ2) is 4.81. The Hall–Kier alpha value is -0.120. The van der Waals surface area contributed by atoms with Crippen LogP contribution in [-0.2, 0) is 9.47 Å². The van der Waals surface area contributed by atoms with Crippen LogP contribution in [0, 0.1) is 0 Å². The normalized spacial score (nSPS) is 28.2. The molecule has 0 aromatic rings. The molecule has 1 atom stereocenters. The van der Waals surface area contributed by atoms with Crippen molar-refractivity contribution in [1.29, 1.82) is 0 Å². The summed E-state index contributed by atoms with van der Waals surface area (Å²) in [5.74, 6) is 0. The van der Waals surface area contributed by atoms with Crippen LogP contribution in [0.25, 0.3) is 0 Å². The predicted molar refractivity (Wildman–Crippen MR) is 62.1 cm³/mol. The summed E-state index contributed by atoms with van der Waals surface area (Å²) >= 11 is 0. The lowest BCUT2D eigenvalue weighted by molar-refractivity contribution is -0.0698. The Morgan fingerprint density at radius 1 is 1.33 bits per heavy atom. The first-order valence-corrected chi connectivity index (χ1v) is 5.80. The van der Waals surface area contributed by atoms with Crippen molar-refractivity contribution in [3.8, 4) is 0 Å². The number of nitrogens with one attached hydrogen (secondary N) is 1. The molecule has 0 radical (unpaired) electrons. The molecule has 3 nitrogen and oxygen atoms in total. The molecule has 1 rings (SSSR count). The van der Waals surface area contributed by atoms with Crippen LogP contribution in [0.2, 0.25) is 0 Å². The number of hydrogen-bond acceptors (Lipinski definition) is 3. The van der Waals surface area contributed by atoms with Crippen LogP contribution < -0.4 is 5.32 Å². The van der Waals surface area contributed by atoms with E-state index >= 15 is 0 Å². The number of ether oxygens (including phenoxy) is 2. The lowest BCUT2D eigenvalue weighted by Gasteiger charge is -2.27. The van der Waals surface area contributed by atoms with E-state index in [-0.39, 0.29) is 11.2 Å². The molecular formula is C12H25NO2. The average Bonchev–Trinajstić information content (AvgIpc) is 2.28. The molecule has 1 aliphatic rings. The second-order valence-electron chi connectivity index (χ2n) is 5.52. The van der Waals surface area contributed by atoms with Gasteiger partial charge in [0.25, 0.3) is 0 Å². The van der Waals surface area contributed by atoms with Gasteiger partial charge in [-0.15, -0.1) is 0 Å². The molecule has 0 spiro atoms. The Labute approximate surface area is 93.5 Å². The van der Waals surface area contributed by atoms with Crippen molar-refractivity contribution in [2.75, 3.05) is 20.3 Å². The van der Waals surface area contributed by atoms with Crippen LogP contribution >= 0.6 is 0 Å². The molecule has 90 valence electrons. The summed E-state index contributed by atoms with van der Waals surface area (Å²) in [5.41, 5.74) is -0.0566. The van der Waals surface area contributed by atoms with Crippen LogP contribution in [0.15, 0.2) is 0 Å². The van der Waals surface area contributed by atoms with Crippen LogP contribution in [0.3, 0.4) is 0 Å². The summed E-state index contributed by atoms with van der Waals surface area (Å²) in [6.45, 7) is 10.5. The van der Waals surface area contributed by atoms with Gasteiger partial charge in [0.1, 0.15) is 0 Å². The molecule has 1 N–H and O–H groups in total. The summed E-state index contributed by atoms with van der Waals surface area (Å²) in [7, 11) is 1.74. The van der Waals surface area contributed by atoms with E-state index in [0.29, 0.717) is 6.04 Å². The van der Waals surface area contributed by atoms with Crippen molar-refractivity contribution >= 4 is 0 Å². The third-order valence-electron chi connectivity index (χ3n) is 2.99. The van der Waals surface area contributed by atoms with Gasteiger partial charge in [-0.2, -0.15) is 0 Å². The molecule has 0 aromatic carbocycles. The summed E-state index contributed by atoms with van der Waals surface area (Å²) in [4.78, 5) is 0. The number of methoxy groups -OCH3 is 1. The number of hydrogen-bond donors (Lipinski definition) is 1. The third kappa shape index (κ3) is 3.74. The van der Waals surface area contributed by atoms with Crippen LogP contribution in [0.1, 0.15) is 40.5 Å². The fraction of sp³-hybridized carbons (Fsp3) is 1.00. The highest BCUT2D eigenvalue weighted by Gasteiger charge is 2.45. The maximum absolute atomic E-state index is 6.01. The van der Waals surface area contributed by atoms with E-state index in [4.69, 9.17) is 9.47 Å². The molecule has 1 fully saturated rings. The average molecular weight is 215 g/mol. The van der Waals surface area contributed by atoms with E-state index in [1.165, 1.54) is 0 Å². The molecule has 1 saturated heterocycles. The van der Waals surface area contributed by atoms with Crippen molar-refractivity contribution in [3.05, 3.63) is 0 Å². The van der Waals surface area contributed by atoms with Crippen LogP contribution in [0.4, 0.5) is 0 Å². The lowest BCUT2D eigenvalue weighted by Crippen LogP contribution is -2.43. The van der Waals surface area contributed by atoms with Crippen molar-refractivity contribution in [2.45, 2.75) is 57.8 Å². The van der Waals surface area contributed by atoms with E-state index in [1.54, 1.807) is 7.11 Å². The SMILES string of the molecule is COCCCN[C@H]1CC(C)(C)OC1(C)C. The molecule has 0 saturated carbocycles. The van der Waals surface area contributed by atoms with E-state index in [9.17, 15) is 0 Å². The molecule has 0 unspecified atom stereocenters. The third-order valence-corrected chi connectivity index (χ3v) is 2.99. The van der Waals surface area contributed by atoms with Gasteiger partial charge in [-0.3, -0.25) is 0 Å². The minimum Gasteiger partial charge on any atom is -0.385 e. The molecule has 0 bridgehead atoms.